The Kier molecular flexibility index (Phi) is 5.52. The molecule has 1 aromatic carbocycles. The van der Waals surface area contributed by atoms with Crippen LogP contribution in [0, 0.1) is 0 Å². The molecule has 1 aliphatic carbocycles. The minimum absolute atomic E-state index is 0.0664. The predicted molar refractivity (Wildman–Crippen MR) is 98.3 cm³/mol. The van der Waals surface area contributed by atoms with Gasteiger partial charge in [0.25, 0.3) is 0 Å². The number of nitrogens with zero attached hydrogens (tertiary/aromatic N) is 2. The second-order valence-electron chi connectivity index (χ2n) is 6.55. The van der Waals surface area contributed by atoms with Crippen LogP contribution in [0.1, 0.15) is 31.2 Å². The Morgan fingerprint density at radius 1 is 1.15 bits per heavy atom. The molecule has 1 heterocycles. The van der Waals surface area contributed by atoms with E-state index in [0.29, 0.717) is 6.04 Å². The molecule has 0 aliphatic heterocycles. The van der Waals surface area contributed by atoms with Crippen molar-refractivity contribution in [2.24, 2.45) is 0 Å². The lowest BCUT2D eigenvalue weighted by atomic mass is 9.91. The van der Waals surface area contributed by atoms with E-state index in [4.69, 9.17) is 10.8 Å². The van der Waals surface area contributed by atoms with Crippen molar-refractivity contribution in [1.29, 1.82) is 0 Å². The van der Waals surface area contributed by atoms with Crippen molar-refractivity contribution in [3.63, 3.8) is 0 Å². The van der Waals surface area contributed by atoms with Crippen molar-refractivity contribution in [3.8, 4) is 5.69 Å². The van der Waals surface area contributed by atoms with Crippen molar-refractivity contribution in [2.75, 3.05) is 5.73 Å². The average molecular weight is 357 g/mol. The van der Waals surface area contributed by atoms with Gasteiger partial charge in [-0.25, -0.2) is 9.59 Å². The molecule has 138 valence electrons. The lowest BCUT2D eigenvalue weighted by molar-refractivity contribution is 0.183. The van der Waals surface area contributed by atoms with Crippen molar-refractivity contribution < 1.29 is 9.90 Å². The molecule has 1 saturated carbocycles. The number of benzene rings is 1. The summed E-state index contributed by atoms with van der Waals surface area (Å²) in [5.41, 5.74) is 6.97. The van der Waals surface area contributed by atoms with Crippen molar-refractivity contribution in [1.82, 2.24) is 20.2 Å². The van der Waals surface area contributed by atoms with Gasteiger partial charge in [-0.15, -0.1) is 0 Å². The molecule has 1 fully saturated rings. The van der Waals surface area contributed by atoms with Gasteiger partial charge in [-0.2, -0.15) is 4.98 Å². The van der Waals surface area contributed by atoms with Gasteiger partial charge in [0.2, 0.25) is 0 Å². The molecule has 1 aliphatic rings. The number of amides is 1. The summed E-state index contributed by atoms with van der Waals surface area (Å²) in [5.74, 6) is 0.209. The van der Waals surface area contributed by atoms with Crippen LogP contribution in [-0.4, -0.2) is 32.8 Å². The second kappa shape index (κ2) is 8.01. The van der Waals surface area contributed by atoms with Gasteiger partial charge in [0.15, 0.2) is 0 Å². The van der Waals surface area contributed by atoms with Crippen LogP contribution < -0.4 is 22.1 Å². The molecule has 1 amide bonds. The largest absolute Gasteiger partial charge is 0.465 e. The zero-order valence-electron chi connectivity index (χ0n) is 14.4. The molecule has 8 heteroatoms. The standard InChI is InChI=1S/C18H23N5O3/c19-16-9-10-23(17(24)22-16)15-7-1-12(2-8-15)11-20-13-3-5-14(6-4-13)21-18(25)26/h1-2,7-10,13-14,20-21H,3-6,11H2,(H,25,26)(H2,19,22,24)/t13-,14-. The Balaban J connectivity index is 1.52. The molecule has 3 rings (SSSR count). The molecular weight excluding hydrogens is 334 g/mol. The van der Waals surface area contributed by atoms with Crippen LogP contribution in [0.4, 0.5) is 10.6 Å². The Morgan fingerprint density at radius 3 is 2.42 bits per heavy atom. The molecule has 5 N–H and O–H groups in total. The lowest BCUT2D eigenvalue weighted by Gasteiger charge is -2.29. The lowest BCUT2D eigenvalue weighted by Crippen LogP contribution is -2.41. The summed E-state index contributed by atoms with van der Waals surface area (Å²) in [6.45, 7) is 0.733. The number of nitrogens with two attached hydrogens (primary N) is 1. The molecule has 8 nitrogen and oxygen atoms in total. The first kappa shape index (κ1) is 17.9. The SMILES string of the molecule is Nc1ccn(-c2ccc(CN[C@H]3CC[C@H](NC(=O)O)CC3)cc2)c(=O)n1. The van der Waals surface area contributed by atoms with Crippen LogP contribution in [0.15, 0.2) is 41.3 Å². The van der Waals surface area contributed by atoms with Crippen LogP contribution >= 0.6 is 0 Å². The van der Waals surface area contributed by atoms with E-state index >= 15 is 0 Å². The van der Waals surface area contributed by atoms with Gasteiger partial charge in [0.05, 0.1) is 5.69 Å². The Hall–Kier alpha value is -2.87. The monoisotopic (exact) mass is 357 g/mol. The van der Waals surface area contributed by atoms with E-state index in [2.05, 4.69) is 15.6 Å². The van der Waals surface area contributed by atoms with Crippen LogP contribution in [0.5, 0.6) is 0 Å². The zero-order chi connectivity index (χ0) is 18.5. The van der Waals surface area contributed by atoms with Crippen molar-refractivity contribution >= 4 is 11.9 Å². The summed E-state index contributed by atoms with van der Waals surface area (Å²) in [6, 6.07) is 9.76. The maximum Gasteiger partial charge on any atom is 0.404 e. The maximum absolute atomic E-state index is 11.9. The Morgan fingerprint density at radius 2 is 1.81 bits per heavy atom. The summed E-state index contributed by atoms with van der Waals surface area (Å²) in [7, 11) is 0. The van der Waals surface area contributed by atoms with E-state index in [-0.39, 0.29) is 11.9 Å². The summed E-state index contributed by atoms with van der Waals surface area (Å²) >= 11 is 0. The van der Waals surface area contributed by atoms with Gasteiger partial charge in [-0.1, -0.05) is 12.1 Å². The molecule has 0 bridgehead atoms. The highest BCUT2D eigenvalue weighted by Crippen LogP contribution is 2.19. The summed E-state index contributed by atoms with van der Waals surface area (Å²) in [4.78, 5) is 26.3. The molecular formula is C18H23N5O3. The summed E-state index contributed by atoms with van der Waals surface area (Å²) in [5, 5.41) is 14.8. The number of aromatic nitrogens is 2. The zero-order valence-corrected chi connectivity index (χ0v) is 14.4. The predicted octanol–water partition coefficient (Wildman–Crippen LogP) is 1.48. The third-order valence-electron chi connectivity index (χ3n) is 4.69. The van der Waals surface area contributed by atoms with Crippen LogP contribution in [0.2, 0.25) is 0 Å². The van der Waals surface area contributed by atoms with E-state index in [1.807, 2.05) is 24.3 Å². The van der Waals surface area contributed by atoms with Gasteiger partial charge in [0.1, 0.15) is 5.82 Å². The number of rotatable bonds is 5. The van der Waals surface area contributed by atoms with Crippen LogP contribution in [-0.2, 0) is 6.54 Å². The molecule has 26 heavy (non-hydrogen) atoms. The fraction of sp³-hybridized carbons (Fsp3) is 0.389. The van der Waals surface area contributed by atoms with Crippen LogP contribution in [0.25, 0.3) is 5.69 Å². The fourth-order valence-electron chi connectivity index (χ4n) is 3.27. The Labute approximate surface area is 151 Å². The summed E-state index contributed by atoms with van der Waals surface area (Å²) in [6.07, 6.45) is 4.29. The number of nitrogen functional groups attached to an aromatic ring is 1. The summed E-state index contributed by atoms with van der Waals surface area (Å²) < 4.78 is 1.45. The smallest absolute Gasteiger partial charge is 0.404 e. The molecule has 0 saturated heterocycles. The minimum Gasteiger partial charge on any atom is -0.465 e. The number of carbonyl (C=O) groups is 1. The molecule has 2 aromatic rings. The van der Waals surface area contributed by atoms with Gasteiger partial charge in [0, 0.05) is 24.8 Å². The van der Waals surface area contributed by atoms with E-state index in [9.17, 15) is 9.59 Å². The van der Waals surface area contributed by atoms with E-state index < -0.39 is 11.8 Å². The van der Waals surface area contributed by atoms with E-state index in [1.165, 1.54) is 4.57 Å². The molecule has 1 aromatic heterocycles. The topological polar surface area (TPSA) is 122 Å². The van der Waals surface area contributed by atoms with Crippen molar-refractivity contribution in [3.05, 3.63) is 52.6 Å². The third kappa shape index (κ3) is 4.60. The van der Waals surface area contributed by atoms with E-state index in [0.717, 1.165) is 43.5 Å². The van der Waals surface area contributed by atoms with Crippen molar-refractivity contribution in [2.45, 2.75) is 44.3 Å². The first-order valence-corrected chi connectivity index (χ1v) is 8.68. The number of hydrogen-bond acceptors (Lipinski definition) is 5. The second-order valence-corrected chi connectivity index (χ2v) is 6.55. The molecule has 0 radical (unpaired) electrons. The molecule has 0 unspecified atom stereocenters. The highest BCUT2D eigenvalue weighted by atomic mass is 16.4. The van der Waals surface area contributed by atoms with Gasteiger partial charge in [-0.05, 0) is 49.4 Å². The number of anilines is 1. The van der Waals surface area contributed by atoms with Gasteiger partial charge < -0.3 is 21.5 Å². The number of carboxylic acid groups (broad SMARTS) is 1. The normalized spacial score (nSPS) is 19.8. The molecule has 0 spiro atoms. The highest BCUT2D eigenvalue weighted by molar-refractivity contribution is 5.64. The minimum atomic E-state index is -0.947. The first-order valence-electron chi connectivity index (χ1n) is 8.68. The Bertz CT molecular complexity index is 810. The number of hydrogen-bond donors (Lipinski definition) is 4. The molecule has 0 atom stereocenters. The number of nitrogens with one attached hydrogen (secondary N) is 2. The maximum atomic E-state index is 11.9. The van der Waals surface area contributed by atoms with Crippen LogP contribution in [0.3, 0.4) is 0 Å². The highest BCUT2D eigenvalue weighted by Gasteiger charge is 2.21. The quantitative estimate of drug-likeness (QED) is 0.643. The van der Waals surface area contributed by atoms with E-state index in [1.54, 1.807) is 12.3 Å². The first-order chi connectivity index (χ1) is 12.5. The third-order valence-corrected chi connectivity index (χ3v) is 4.69. The fourth-order valence-corrected chi connectivity index (χ4v) is 3.27. The van der Waals surface area contributed by atoms with Gasteiger partial charge in [-0.3, -0.25) is 4.57 Å². The average Bonchev–Trinajstić information content (AvgIpc) is 2.61. The van der Waals surface area contributed by atoms with Gasteiger partial charge >= 0.3 is 11.8 Å².